The number of rotatable bonds is 12. The highest BCUT2D eigenvalue weighted by atomic mass is 35.5. The average molecular weight is 607 g/mol. The van der Waals surface area contributed by atoms with E-state index in [1.165, 1.54) is 35.2 Å². The van der Waals surface area contributed by atoms with Gasteiger partial charge in [-0.2, -0.15) is 0 Å². The highest BCUT2D eigenvalue weighted by Gasteiger charge is 2.32. The molecule has 0 aliphatic rings. The molecule has 0 saturated heterocycles. The molecule has 2 amide bonds. The number of carbonyl (C=O) groups excluding carboxylic acids is 2. The molecule has 1 unspecified atom stereocenters. The van der Waals surface area contributed by atoms with Gasteiger partial charge in [0.05, 0.1) is 17.7 Å². The second-order valence-electron chi connectivity index (χ2n) is 9.63. The van der Waals surface area contributed by atoms with Crippen LogP contribution in [0.3, 0.4) is 0 Å². The van der Waals surface area contributed by atoms with Crippen LogP contribution in [0.15, 0.2) is 77.7 Å². The Bertz CT molecular complexity index is 1410. The molecule has 8 nitrogen and oxygen atoms in total. The first kappa shape index (κ1) is 31.3. The highest BCUT2D eigenvalue weighted by Crippen LogP contribution is 2.27. The smallest absolute Gasteiger partial charge is 0.264 e. The normalized spacial score (nSPS) is 12.1. The summed E-state index contributed by atoms with van der Waals surface area (Å²) in [6.45, 7) is 5.50. The summed E-state index contributed by atoms with van der Waals surface area (Å²) >= 11 is 12.2. The average Bonchev–Trinajstić information content (AvgIpc) is 2.93. The van der Waals surface area contributed by atoms with Crippen molar-refractivity contribution in [1.82, 2.24) is 10.2 Å². The van der Waals surface area contributed by atoms with Crippen LogP contribution < -0.4 is 14.4 Å². The number of hydrogen-bond acceptors (Lipinski definition) is 5. The molecule has 0 aromatic heterocycles. The summed E-state index contributed by atoms with van der Waals surface area (Å²) in [6, 6.07) is 18.1. The van der Waals surface area contributed by atoms with Crippen LogP contribution in [0.2, 0.25) is 10.0 Å². The zero-order valence-electron chi connectivity index (χ0n) is 22.8. The Balaban J connectivity index is 2.00. The van der Waals surface area contributed by atoms with E-state index in [1.54, 1.807) is 56.5 Å². The van der Waals surface area contributed by atoms with Gasteiger partial charge >= 0.3 is 0 Å². The van der Waals surface area contributed by atoms with Crippen LogP contribution in [0.4, 0.5) is 5.69 Å². The van der Waals surface area contributed by atoms with E-state index >= 15 is 0 Å². The lowest BCUT2D eigenvalue weighted by Gasteiger charge is -2.32. The number of amides is 2. The minimum atomic E-state index is -4.21. The van der Waals surface area contributed by atoms with Gasteiger partial charge in [-0.1, -0.05) is 55.2 Å². The predicted molar refractivity (Wildman–Crippen MR) is 158 cm³/mol. The molecule has 3 aromatic rings. The topological polar surface area (TPSA) is 96.0 Å². The fourth-order valence-electron chi connectivity index (χ4n) is 3.86. The summed E-state index contributed by atoms with van der Waals surface area (Å²) in [4.78, 5) is 28.3. The molecule has 214 valence electrons. The van der Waals surface area contributed by atoms with E-state index in [0.717, 1.165) is 9.87 Å². The third kappa shape index (κ3) is 8.13. The van der Waals surface area contributed by atoms with Crippen molar-refractivity contribution in [1.29, 1.82) is 0 Å². The van der Waals surface area contributed by atoms with Crippen molar-refractivity contribution < 1.29 is 22.7 Å². The molecule has 1 N–H and O–H groups in total. The van der Waals surface area contributed by atoms with Crippen LogP contribution in [-0.2, 0) is 26.2 Å². The molecule has 3 aromatic carbocycles. The van der Waals surface area contributed by atoms with Gasteiger partial charge in [-0.3, -0.25) is 13.9 Å². The summed E-state index contributed by atoms with van der Waals surface area (Å²) < 4.78 is 33.8. The molecule has 0 radical (unpaired) electrons. The van der Waals surface area contributed by atoms with Crippen molar-refractivity contribution in [2.75, 3.05) is 24.5 Å². The van der Waals surface area contributed by atoms with Crippen molar-refractivity contribution >= 4 is 50.7 Å². The number of carbonyl (C=O) groups is 2. The van der Waals surface area contributed by atoms with Crippen molar-refractivity contribution in [2.45, 2.75) is 38.3 Å². The summed E-state index contributed by atoms with van der Waals surface area (Å²) in [5, 5.41) is 3.54. The van der Waals surface area contributed by atoms with Gasteiger partial charge in [0.1, 0.15) is 18.3 Å². The van der Waals surface area contributed by atoms with Gasteiger partial charge in [-0.05, 0) is 73.0 Å². The van der Waals surface area contributed by atoms with Crippen molar-refractivity contribution in [3.8, 4) is 5.75 Å². The molecule has 0 aliphatic carbocycles. The lowest BCUT2D eigenvalue weighted by molar-refractivity contribution is -0.139. The molecular weight excluding hydrogens is 573 g/mol. The summed E-state index contributed by atoms with van der Waals surface area (Å²) in [5.74, 6) is -0.0544. The van der Waals surface area contributed by atoms with Gasteiger partial charge in [0.2, 0.25) is 11.8 Å². The van der Waals surface area contributed by atoms with Gasteiger partial charge in [-0.15, -0.1) is 0 Å². The van der Waals surface area contributed by atoms with Crippen LogP contribution in [0, 0.1) is 5.92 Å². The Morgan fingerprint density at radius 2 is 1.57 bits per heavy atom. The molecule has 0 spiro atoms. The quantitative estimate of drug-likeness (QED) is 0.299. The minimum Gasteiger partial charge on any atom is -0.497 e. The maximum Gasteiger partial charge on any atom is 0.264 e. The molecule has 0 saturated carbocycles. The summed E-state index contributed by atoms with van der Waals surface area (Å²) in [6.07, 6.45) is 0. The lowest BCUT2D eigenvalue weighted by Crippen LogP contribution is -2.51. The molecular formula is C29H33Cl2N3O5S. The number of benzene rings is 3. The van der Waals surface area contributed by atoms with Crippen LogP contribution in [0.1, 0.15) is 26.3 Å². The Morgan fingerprint density at radius 3 is 2.15 bits per heavy atom. The Hall–Kier alpha value is -3.27. The number of sulfonamides is 1. The van der Waals surface area contributed by atoms with Crippen LogP contribution in [0.5, 0.6) is 5.75 Å². The van der Waals surface area contributed by atoms with Crippen LogP contribution >= 0.6 is 23.2 Å². The van der Waals surface area contributed by atoms with Crippen LogP contribution in [-0.4, -0.2) is 51.4 Å². The number of nitrogens with zero attached hydrogens (tertiary/aromatic N) is 2. The minimum absolute atomic E-state index is 0.0471. The molecule has 1 atom stereocenters. The van der Waals surface area contributed by atoms with E-state index in [1.807, 2.05) is 13.8 Å². The molecule has 0 heterocycles. The van der Waals surface area contributed by atoms with E-state index in [0.29, 0.717) is 22.3 Å². The van der Waals surface area contributed by atoms with Gasteiger partial charge in [0.25, 0.3) is 10.0 Å². The molecule has 0 fully saturated rings. The van der Waals surface area contributed by atoms with E-state index in [-0.39, 0.29) is 29.0 Å². The third-order valence-electron chi connectivity index (χ3n) is 6.14. The maximum atomic E-state index is 13.9. The monoisotopic (exact) mass is 605 g/mol. The van der Waals surface area contributed by atoms with E-state index in [4.69, 9.17) is 27.9 Å². The SMILES string of the molecule is COc1ccc(CN(C(=O)CN(c2cccc(Cl)c2)S(=O)(=O)c2ccc(Cl)cc2)C(C)C(=O)NCC(C)C)cc1. The van der Waals surface area contributed by atoms with Gasteiger partial charge in [0, 0.05) is 23.1 Å². The largest absolute Gasteiger partial charge is 0.497 e. The van der Waals surface area contributed by atoms with E-state index in [9.17, 15) is 18.0 Å². The Morgan fingerprint density at radius 1 is 0.925 bits per heavy atom. The number of methoxy groups -OCH3 is 1. The second-order valence-corrected chi connectivity index (χ2v) is 12.4. The van der Waals surface area contributed by atoms with Gasteiger partial charge < -0.3 is 15.0 Å². The molecule has 0 bridgehead atoms. The van der Waals surface area contributed by atoms with Crippen molar-refractivity contribution in [3.63, 3.8) is 0 Å². The molecule has 40 heavy (non-hydrogen) atoms. The molecule has 3 rings (SSSR count). The number of ether oxygens (including phenoxy) is 1. The summed E-state index contributed by atoms with van der Waals surface area (Å²) in [5.41, 5.74) is 0.949. The second kappa shape index (κ2) is 13.9. The Labute approximate surface area is 245 Å². The van der Waals surface area contributed by atoms with Gasteiger partial charge in [-0.25, -0.2) is 8.42 Å². The van der Waals surface area contributed by atoms with E-state index < -0.39 is 28.5 Å². The first-order chi connectivity index (χ1) is 18.9. The molecule has 0 aliphatic heterocycles. The number of hydrogen-bond donors (Lipinski definition) is 1. The fourth-order valence-corrected chi connectivity index (χ4v) is 5.57. The third-order valence-corrected chi connectivity index (χ3v) is 8.42. The fraction of sp³-hybridized carbons (Fsp3) is 0.310. The number of anilines is 1. The van der Waals surface area contributed by atoms with Crippen LogP contribution in [0.25, 0.3) is 0 Å². The highest BCUT2D eigenvalue weighted by molar-refractivity contribution is 7.92. The molecule has 11 heteroatoms. The first-order valence-corrected chi connectivity index (χ1v) is 14.9. The zero-order valence-corrected chi connectivity index (χ0v) is 25.1. The first-order valence-electron chi connectivity index (χ1n) is 12.7. The maximum absolute atomic E-state index is 13.9. The van der Waals surface area contributed by atoms with Crippen molar-refractivity contribution in [3.05, 3.63) is 88.4 Å². The predicted octanol–water partition coefficient (Wildman–Crippen LogP) is 5.39. The number of nitrogens with one attached hydrogen (secondary N) is 1. The Kier molecular flexibility index (Phi) is 10.8. The standard InChI is InChI=1S/C29H33Cl2N3O5S/c1-20(2)17-32-29(36)21(3)33(18-22-8-12-26(39-4)13-9-22)28(35)19-34(25-7-5-6-24(31)16-25)40(37,38)27-14-10-23(30)11-15-27/h5-16,20-21H,17-19H2,1-4H3,(H,32,36). The summed E-state index contributed by atoms with van der Waals surface area (Å²) in [7, 11) is -2.66. The zero-order chi connectivity index (χ0) is 29.4. The van der Waals surface area contributed by atoms with Gasteiger partial charge in [0.15, 0.2) is 0 Å². The number of halogens is 2. The van der Waals surface area contributed by atoms with Crippen molar-refractivity contribution in [2.24, 2.45) is 5.92 Å². The van der Waals surface area contributed by atoms with E-state index in [2.05, 4.69) is 5.32 Å². The lowest BCUT2D eigenvalue weighted by atomic mass is 10.1.